The van der Waals surface area contributed by atoms with Gasteiger partial charge in [0.05, 0.1) is 6.61 Å². The number of amides is 1. The third-order valence-electron chi connectivity index (χ3n) is 4.51. The highest BCUT2D eigenvalue weighted by atomic mass is 16.6. The van der Waals surface area contributed by atoms with Crippen molar-refractivity contribution in [3.05, 3.63) is 35.9 Å². The average molecular weight is 361 g/mol. The van der Waals surface area contributed by atoms with E-state index in [0.717, 1.165) is 5.56 Å². The smallest absolute Gasteiger partial charge is 0.410 e. The first-order chi connectivity index (χ1) is 12.5. The summed E-state index contributed by atoms with van der Waals surface area (Å²) in [6.45, 7) is 3.27. The van der Waals surface area contributed by atoms with Gasteiger partial charge in [0, 0.05) is 24.8 Å². The number of rotatable bonds is 7. The highest BCUT2D eigenvalue weighted by molar-refractivity contribution is 5.87. The van der Waals surface area contributed by atoms with Crippen molar-refractivity contribution in [2.75, 3.05) is 13.2 Å². The maximum atomic E-state index is 12.6. The molecule has 1 aromatic carbocycles. The number of esters is 1. The summed E-state index contributed by atoms with van der Waals surface area (Å²) in [4.78, 5) is 49.2. The molecule has 140 valence electrons. The molecule has 1 aromatic rings. The summed E-state index contributed by atoms with van der Waals surface area (Å²) in [5.74, 6) is -2.00. The predicted molar refractivity (Wildman–Crippen MR) is 92.1 cm³/mol. The van der Waals surface area contributed by atoms with E-state index in [0.29, 0.717) is 6.29 Å². The van der Waals surface area contributed by atoms with Crippen LogP contribution in [0.1, 0.15) is 25.8 Å². The lowest BCUT2D eigenvalue weighted by Crippen LogP contribution is -2.44. The van der Waals surface area contributed by atoms with Crippen LogP contribution >= 0.6 is 0 Å². The number of Topliss-reactive ketones (excluding diaryl/α,β-unsaturated/α-hetero) is 1. The van der Waals surface area contributed by atoms with Crippen LogP contribution in [0.25, 0.3) is 0 Å². The van der Waals surface area contributed by atoms with Crippen LogP contribution in [0, 0.1) is 11.8 Å². The number of carbonyl (C=O) groups excluding carboxylic acids is 4. The second-order valence-corrected chi connectivity index (χ2v) is 6.17. The summed E-state index contributed by atoms with van der Waals surface area (Å²) in [7, 11) is 0. The normalized spacial score (nSPS) is 21.9. The third-order valence-corrected chi connectivity index (χ3v) is 4.51. The number of carbonyl (C=O) groups is 4. The van der Waals surface area contributed by atoms with Crippen molar-refractivity contribution in [1.82, 2.24) is 4.90 Å². The zero-order chi connectivity index (χ0) is 19.1. The predicted octanol–water partition coefficient (Wildman–Crippen LogP) is 1.98. The average Bonchev–Trinajstić information content (AvgIpc) is 3.01. The van der Waals surface area contributed by atoms with Crippen LogP contribution in [-0.2, 0) is 30.5 Å². The second-order valence-electron chi connectivity index (χ2n) is 6.17. The van der Waals surface area contributed by atoms with Crippen molar-refractivity contribution in [1.29, 1.82) is 0 Å². The zero-order valence-corrected chi connectivity index (χ0v) is 14.9. The topological polar surface area (TPSA) is 90.0 Å². The Kier molecular flexibility index (Phi) is 6.89. The van der Waals surface area contributed by atoms with Crippen LogP contribution < -0.4 is 0 Å². The number of hydrogen-bond donors (Lipinski definition) is 0. The van der Waals surface area contributed by atoms with Crippen LogP contribution in [0.4, 0.5) is 4.79 Å². The van der Waals surface area contributed by atoms with Crippen molar-refractivity contribution in [3.63, 3.8) is 0 Å². The van der Waals surface area contributed by atoms with E-state index in [1.54, 1.807) is 6.92 Å². The fourth-order valence-electron chi connectivity index (χ4n) is 3.27. The van der Waals surface area contributed by atoms with E-state index in [1.165, 1.54) is 11.8 Å². The van der Waals surface area contributed by atoms with E-state index >= 15 is 0 Å². The Morgan fingerprint density at radius 3 is 2.46 bits per heavy atom. The van der Waals surface area contributed by atoms with E-state index in [2.05, 4.69) is 0 Å². The fraction of sp³-hybridized carbons (Fsp3) is 0.474. The number of ether oxygens (including phenoxy) is 2. The van der Waals surface area contributed by atoms with Gasteiger partial charge in [-0.1, -0.05) is 30.3 Å². The first kappa shape index (κ1) is 19.6. The summed E-state index contributed by atoms with van der Waals surface area (Å²) in [6.07, 6.45) is -0.0477. The van der Waals surface area contributed by atoms with Crippen molar-refractivity contribution in [2.24, 2.45) is 11.8 Å². The van der Waals surface area contributed by atoms with Gasteiger partial charge in [-0.15, -0.1) is 0 Å². The SMILES string of the molecule is CCOC(=O)[C@@H]1[C@@H](CC=O)[C@@H](C(C)=O)CN1C(=O)OCc1ccccc1. The maximum Gasteiger partial charge on any atom is 0.410 e. The van der Waals surface area contributed by atoms with E-state index in [1.807, 2.05) is 30.3 Å². The lowest BCUT2D eigenvalue weighted by molar-refractivity contribution is -0.149. The summed E-state index contributed by atoms with van der Waals surface area (Å²) < 4.78 is 10.4. The minimum Gasteiger partial charge on any atom is -0.464 e. The Bertz CT molecular complexity index is 659. The van der Waals surface area contributed by atoms with Crippen molar-refractivity contribution in [3.8, 4) is 0 Å². The third kappa shape index (κ3) is 4.47. The second kappa shape index (κ2) is 9.12. The Labute approximate surface area is 152 Å². The van der Waals surface area contributed by atoms with E-state index < -0.39 is 29.9 Å². The van der Waals surface area contributed by atoms with Crippen LogP contribution in [0.5, 0.6) is 0 Å². The number of likely N-dealkylation sites (tertiary alicyclic amines) is 1. The first-order valence-corrected chi connectivity index (χ1v) is 8.57. The summed E-state index contributed by atoms with van der Waals surface area (Å²) >= 11 is 0. The van der Waals surface area contributed by atoms with Gasteiger partial charge >= 0.3 is 12.1 Å². The Morgan fingerprint density at radius 2 is 1.88 bits per heavy atom. The van der Waals surface area contributed by atoms with Crippen LogP contribution in [0.2, 0.25) is 0 Å². The number of aldehydes is 1. The number of ketones is 1. The Morgan fingerprint density at radius 1 is 1.19 bits per heavy atom. The largest absolute Gasteiger partial charge is 0.464 e. The molecule has 1 aliphatic heterocycles. The Balaban J connectivity index is 2.18. The quantitative estimate of drug-likeness (QED) is 0.545. The van der Waals surface area contributed by atoms with Gasteiger partial charge in [-0.3, -0.25) is 9.69 Å². The maximum absolute atomic E-state index is 12.6. The van der Waals surface area contributed by atoms with Gasteiger partial charge in [-0.2, -0.15) is 0 Å². The minimum atomic E-state index is -1.00. The monoisotopic (exact) mass is 361 g/mol. The van der Waals surface area contributed by atoms with Gasteiger partial charge < -0.3 is 14.3 Å². The van der Waals surface area contributed by atoms with Gasteiger partial charge in [0.25, 0.3) is 0 Å². The van der Waals surface area contributed by atoms with Gasteiger partial charge in [-0.25, -0.2) is 9.59 Å². The number of nitrogens with zero attached hydrogens (tertiary/aromatic N) is 1. The molecule has 0 unspecified atom stereocenters. The Hall–Kier alpha value is -2.70. The molecule has 0 aliphatic carbocycles. The first-order valence-electron chi connectivity index (χ1n) is 8.57. The molecule has 0 bridgehead atoms. The van der Waals surface area contributed by atoms with Crippen molar-refractivity contribution < 1.29 is 28.7 Å². The summed E-state index contributed by atoms with van der Waals surface area (Å²) in [5.41, 5.74) is 0.806. The standard InChI is InChI=1S/C19H23NO6/c1-3-25-18(23)17-15(9-10-21)16(13(2)22)11-20(17)19(24)26-12-14-7-5-4-6-8-14/h4-8,10,15-17H,3,9,11-12H2,1-2H3/t15-,16+,17-/m0/s1. The molecule has 0 N–H and O–H groups in total. The zero-order valence-electron chi connectivity index (χ0n) is 14.9. The molecule has 1 saturated heterocycles. The number of hydrogen-bond acceptors (Lipinski definition) is 6. The molecule has 0 saturated carbocycles. The highest BCUT2D eigenvalue weighted by Crippen LogP contribution is 2.34. The minimum absolute atomic E-state index is 0.00378. The molecule has 0 radical (unpaired) electrons. The lowest BCUT2D eigenvalue weighted by Gasteiger charge is -2.25. The van der Waals surface area contributed by atoms with E-state index in [-0.39, 0.29) is 32.0 Å². The van der Waals surface area contributed by atoms with Crippen molar-refractivity contribution in [2.45, 2.75) is 32.9 Å². The van der Waals surface area contributed by atoms with E-state index in [9.17, 15) is 19.2 Å². The molecular formula is C19H23NO6. The van der Waals surface area contributed by atoms with Crippen LogP contribution in [0.3, 0.4) is 0 Å². The molecule has 26 heavy (non-hydrogen) atoms. The lowest BCUT2D eigenvalue weighted by atomic mass is 9.86. The van der Waals surface area contributed by atoms with Gasteiger partial charge in [0.15, 0.2) is 0 Å². The van der Waals surface area contributed by atoms with Gasteiger partial charge in [0.2, 0.25) is 0 Å². The molecule has 0 aromatic heterocycles. The highest BCUT2D eigenvalue weighted by Gasteiger charge is 2.50. The molecular weight excluding hydrogens is 338 g/mol. The van der Waals surface area contributed by atoms with E-state index in [4.69, 9.17) is 9.47 Å². The van der Waals surface area contributed by atoms with Crippen LogP contribution in [0.15, 0.2) is 30.3 Å². The molecule has 2 rings (SSSR count). The van der Waals surface area contributed by atoms with Crippen LogP contribution in [-0.4, -0.2) is 48.2 Å². The molecule has 1 amide bonds. The van der Waals surface area contributed by atoms with Crippen molar-refractivity contribution >= 4 is 24.1 Å². The van der Waals surface area contributed by atoms with Gasteiger partial charge in [0.1, 0.15) is 24.7 Å². The summed E-state index contributed by atoms with van der Waals surface area (Å²) in [6, 6.07) is 8.13. The van der Waals surface area contributed by atoms with Gasteiger partial charge in [-0.05, 0) is 19.4 Å². The molecule has 0 spiro atoms. The molecule has 1 aliphatic rings. The molecule has 7 nitrogen and oxygen atoms in total. The molecule has 1 fully saturated rings. The number of benzene rings is 1. The molecule has 7 heteroatoms. The molecule has 1 heterocycles. The molecule has 3 atom stereocenters. The summed E-state index contributed by atoms with van der Waals surface area (Å²) in [5, 5.41) is 0. The fourth-order valence-corrected chi connectivity index (χ4v) is 3.27.